The first-order chi connectivity index (χ1) is 11.1. The van der Waals surface area contributed by atoms with Gasteiger partial charge in [0.1, 0.15) is 5.82 Å². The Hall–Kier alpha value is -2.36. The van der Waals surface area contributed by atoms with Gasteiger partial charge in [0.2, 0.25) is 0 Å². The van der Waals surface area contributed by atoms with Crippen LogP contribution in [-0.2, 0) is 12.8 Å². The Morgan fingerprint density at radius 1 is 1.17 bits per heavy atom. The summed E-state index contributed by atoms with van der Waals surface area (Å²) >= 11 is 0. The first-order valence-corrected chi connectivity index (χ1v) is 8.28. The van der Waals surface area contributed by atoms with Gasteiger partial charge >= 0.3 is 0 Å². The summed E-state index contributed by atoms with van der Waals surface area (Å²) in [5.74, 6) is 1.32. The van der Waals surface area contributed by atoms with E-state index in [1.165, 1.54) is 34.2 Å². The number of anilines is 1. The highest BCUT2D eigenvalue weighted by Gasteiger charge is 2.26. The second-order valence-corrected chi connectivity index (χ2v) is 6.87. The molecule has 3 N–H and O–H groups in total. The molecule has 2 aromatic heterocycles. The van der Waals surface area contributed by atoms with Gasteiger partial charge in [0.25, 0.3) is 0 Å². The van der Waals surface area contributed by atoms with E-state index in [4.69, 9.17) is 10.7 Å². The van der Waals surface area contributed by atoms with Crippen LogP contribution in [0.2, 0.25) is 0 Å². The van der Waals surface area contributed by atoms with Gasteiger partial charge < -0.3 is 5.73 Å². The Labute approximate surface area is 136 Å². The average Bonchev–Trinajstić information content (AvgIpc) is 2.88. The van der Waals surface area contributed by atoms with Gasteiger partial charge in [-0.3, -0.25) is 5.10 Å². The molecule has 0 saturated carbocycles. The largest absolute Gasteiger partial charge is 0.384 e. The van der Waals surface area contributed by atoms with E-state index in [1.807, 2.05) is 0 Å². The summed E-state index contributed by atoms with van der Waals surface area (Å²) in [6.45, 7) is 6.63. The molecule has 1 aliphatic carbocycles. The van der Waals surface area contributed by atoms with Crippen molar-refractivity contribution in [2.45, 2.75) is 40.0 Å². The van der Waals surface area contributed by atoms with Crippen molar-refractivity contribution in [2.75, 3.05) is 5.73 Å². The van der Waals surface area contributed by atoms with Gasteiger partial charge in [-0.2, -0.15) is 5.10 Å². The van der Waals surface area contributed by atoms with E-state index in [1.54, 1.807) is 0 Å². The highest BCUT2D eigenvalue weighted by molar-refractivity contribution is 5.93. The fraction of sp³-hybridized carbons (Fsp3) is 0.368. The molecule has 3 aromatic rings. The lowest BCUT2D eigenvalue weighted by molar-refractivity contribution is 0.503. The van der Waals surface area contributed by atoms with Gasteiger partial charge in [0, 0.05) is 5.56 Å². The normalized spacial score (nSPS) is 17.4. The van der Waals surface area contributed by atoms with Crippen LogP contribution in [0.15, 0.2) is 18.2 Å². The quantitative estimate of drug-likeness (QED) is 0.715. The van der Waals surface area contributed by atoms with Gasteiger partial charge in [-0.05, 0) is 61.3 Å². The number of hydrogen-bond acceptors (Lipinski definition) is 3. The van der Waals surface area contributed by atoms with Crippen molar-refractivity contribution in [3.8, 4) is 11.3 Å². The second-order valence-electron chi connectivity index (χ2n) is 6.87. The maximum Gasteiger partial charge on any atom is 0.183 e. The number of benzene rings is 1. The Bertz CT molecular complexity index is 887. The molecule has 0 amide bonds. The molecule has 0 saturated heterocycles. The van der Waals surface area contributed by atoms with Crippen molar-refractivity contribution in [2.24, 2.45) is 5.92 Å². The molecule has 0 spiro atoms. The van der Waals surface area contributed by atoms with Gasteiger partial charge in [0.05, 0.1) is 11.1 Å². The third-order valence-electron chi connectivity index (χ3n) is 5.10. The third-order valence-corrected chi connectivity index (χ3v) is 5.10. The first kappa shape index (κ1) is 14.2. The molecule has 0 bridgehead atoms. The van der Waals surface area contributed by atoms with Crippen molar-refractivity contribution < 1.29 is 0 Å². The summed E-state index contributed by atoms with van der Waals surface area (Å²) in [5, 5.41) is 8.28. The van der Waals surface area contributed by atoms with Crippen LogP contribution in [0.4, 0.5) is 5.82 Å². The fourth-order valence-electron chi connectivity index (χ4n) is 3.92. The monoisotopic (exact) mass is 306 g/mol. The number of H-pyrrole nitrogens is 1. The molecule has 4 nitrogen and oxygen atoms in total. The molecule has 4 rings (SSSR count). The Morgan fingerprint density at radius 2 is 1.91 bits per heavy atom. The van der Waals surface area contributed by atoms with Crippen molar-refractivity contribution in [3.63, 3.8) is 0 Å². The molecule has 1 atom stereocenters. The van der Waals surface area contributed by atoms with E-state index in [9.17, 15) is 0 Å². The standard InChI is InChI=1S/C19H22N4/c1-10-7-8-13-14(9-10)16-18(20)22-23-19(16)21-17(13)15-11(2)5-4-6-12(15)3/h4-6,10H,7-9H2,1-3H3,(H3,20,21,22,23). The lowest BCUT2D eigenvalue weighted by Gasteiger charge is -2.25. The molecule has 118 valence electrons. The number of nitrogens with two attached hydrogens (primary N) is 1. The number of aromatic amines is 1. The van der Waals surface area contributed by atoms with Crippen molar-refractivity contribution in [1.82, 2.24) is 15.2 Å². The molecular weight excluding hydrogens is 284 g/mol. The summed E-state index contributed by atoms with van der Waals surface area (Å²) in [4.78, 5) is 4.90. The Morgan fingerprint density at radius 3 is 2.65 bits per heavy atom. The van der Waals surface area contributed by atoms with Gasteiger partial charge in [-0.25, -0.2) is 4.98 Å². The molecule has 0 radical (unpaired) electrons. The molecule has 1 aromatic carbocycles. The van der Waals surface area contributed by atoms with E-state index >= 15 is 0 Å². The zero-order valence-corrected chi connectivity index (χ0v) is 13.9. The molecule has 1 aliphatic rings. The third kappa shape index (κ3) is 2.12. The molecule has 23 heavy (non-hydrogen) atoms. The summed E-state index contributed by atoms with van der Waals surface area (Å²) in [6.07, 6.45) is 3.32. The Balaban J connectivity index is 2.09. The number of nitrogen functional groups attached to an aromatic ring is 1. The number of aryl methyl sites for hydroxylation is 2. The van der Waals surface area contributed by atoms with Crippen LogP contribution in [0.3, 0.4) is 0 Å². The lowest BCUT2D eigenvalue weighted by Crippen LogP contribution is -2.14. The number of nitrogens with one attached hydrogen (secondary N) is 1. The molecule has 1 unspecified atom stereocenters. The van der Waals surface area contributed by atoms with Crippen LogP contribution in [0.1, 0.15) is 35.6 Å². The highest BCUT2D eigenvalue weighted by atomic mass is 15.2. The number of fused-ring (bicyclic) bond motifs is 3. The van der Waals surface area contributed by atoms with Crippen LogP contribution >= 0.6 is 0 Å². The van der Waals surface area contributed by atoms with Gasteiger partial charge in [-0.15, -0.1) is 0 Å². The summed E-state index contributed by atoms with van der Waals surface area (Å²) in [5.41, 5.74) is 14.5. The fourth-order valence-corrected chi connectivity index (χ4v) is 3.92. The first-order valence-electron chi connectivity index (χ1n) is 8.28. The van der Waals surface area contributed by atoms with E-state index in [2.05, 4.69) is 49.2 Å². The van der Waals surface area contributed by atoms with E-state index in [-0.39, 0.29) is 0 Å². The Kier molecular flexibility index (Phi) is 3.15. The number of hydrogen-bond donors (Lipinski definition) is 2. The van der Waals surface area contributed by atoms with E-state index in [0.29, 0.717) is 11.7 Å². The van der Waals surface area contributed by atoms with Crippen LogP contribution < -0.4 is 5.73 Å². The summed E-state index contributed by atoms with van der Waals surface area (Å²) in [6, 6.07) is 6.42. The highest BCUT2D eigenvalue weighted by Crippen LogP contribution is 2.39. The molecule has 4 heteroatoms. The van der Waals surface area contributed by atoms with Crippen LogP contribution in [-0.4, -0.2) is 15.2 Å². The van der Waals surface area contributed by atoms with Crippen LogP contribution in [0.5, 0.6) is 0 Å². The van der Waals surface area contributed by atoms with Crippen LogP contribution in [0.25, 0.3) is 22.3 Å². The average molecular weight is 306 g/mol. The SMILES string of the molecule is Cc1cccc(C)c1-c1nc2n[nH]c(N)c2c2c1CCC(C)C2. The minimum Gasteiger partial charge on any atom is -0.384 e. The predicted octanol–water partition coefficient (Wildman–Crippen LogP) is 3.95. The number of nitrogens with zero attached hydrogens (tertiary/aromatic N) is 2. The van der Waals surface area contributed by atoms with Crippen molar-refractivity contribution in [3.05, 3.63) is 40.5 Å². The van der Waals surface area contributed by atoms with Gasteiger partial charge in [0.15, 0.2) is 5.65 Å². The van der Waals surface area contributed by atoms with Crippen molar-refractivity contribution in [1.29, 1.82) is 0 Å². The number of pyridine rings is 1. The maximum absolute atomic E-state index is 6.14. The molecule has 0 fully saturated rings. The zero-order chi connectivity index (χ0) is 16.1. The van der Waals surface area contributed by atoms with Gasteiger partial charge in [-0.1, -0.05) is 25.1 Å². The summed E-state index contributed by atoms with van der Waals surface area (Å²) < 4.78 is 0. The topological polar surface area (TPSA) is 67.6 Å². The van der Waals surface area contributed by atoms with E-state index in [0.717, 1.165) is 29.6 Å². The van der Waals surface area contributed by atoms with E-state index < -0.39 is 0 Å². The smallest absolute Gasteiger partial charge is 0.183 e. The van der Waals surface area contributed by atoms with Crippen molar-refractivity contribution >= 4 is 16.9 Å². The minimum atomic E-state index is 0.644. The summed E-state index contributed by atoms with van der Waals surface area (Å²) in [7, 11) is 0. The predicted molar refractivity (Wildman–Crippen MR) is 94.4 cm³/mol. The number of rotatable bonds is 1. The lowest BCUT2D eigenvalue weighted by atomic mass is 9.81. The van der Waals surface area contributed by atoms with Crippen LogP contribution in [0, 0.1) is 19.8 Å². The maximum atomic E-state index is 6.14. The molecular formula is C19H22N4. The minimum absolute atomic E-state index is 0.644. The molecule has 2 heterocycles. The number of aromatic nitrogens is 3. The zero-order valence-electron chi connectivity index (χ0n) is 13.9. The second kappa shape index (κ2) is 5.08. The molecule has 0 aliphatic heterocycles.